The number of esters is 1. The summed E-state index contributed by atoms with van der Waals surface area (Å²) in [5.41, 5.74) is -0.183. The van der Waals surface area contributed by atoms with Crippen LogP contribution in [0, 0.1) is 11.6 Å². The zero-order valence-electron chi connectivity index (χ0n) is 13.3. The van der Waals surface area contributed by atoms with Gasteiger partial charge in [-0.25, -0.2) is 13.6 Å². The largest absolute Gasteiger partial charge is 0.495 e. The number of carbonyl (C=O) groups is 2. The maximum absolute atomic E-state index is 13.6. The van der Waals surface area contributed by atoms with Gasteiger partial charge in [0.1, 0.15) is 17.4 Å². The van der Waals surface area contributed by atoms with E-state index in [2.05, 4.69) is 5.32 Å². The first-order chi connectivity index (χ1) is 11.8. The van der Waals surface area contributed by atoms with Crippen molar-refractivity contribution in [1.82, 2.24) is 0 Å². The fraction of sp³-hybridized carbons (Fsp3) is 0.176. The highest BCUT2D eigenvalue weighted by molar-refractivity contribution is 6.31. The number of rotatable bonds is 5. The number of hydrogen-bond acceptors (Lipinski definition) is 4. The van der Waals surface area contributed by atoms with Gasteiger partial charge in [-0.1, -0.05) is 11.6 Å². The van der Waals surface area contributed by atoms with Gasteiger partial charge in [0, 0.05) is 11.1 Å². The molecule has 0 fully saturated rings. The van der Waals surface area contributed by atoms with E-state index < -0.39 is 35.2 Å². The van der Waals surface area contributed by atoms with E-state index in [1.165, 1.54) is 20.1 Å². The second kappa shape index (κ2) is 7.94. The second-order valence-electron chi connectivity index (χ2n) is 5.01. The summed E-state index contributed by atoms with van der Waals surface area (Å²) in [5, 5.41) is 2.87. The molecular formula is C17H14ClF2NO4. The third kappa shape index (κ3) is 4.67. The van der Waals surface area contributed by atoms with Gasteiger partial charge in [0.15, 0.2) is 6.10 Å². The van der Waals surface area contributed by atoms with Crippen LogP contribution in [0.3, 0.4) is 0 Å². The SMILES string of the molecule is COc1ccc(Cl)cc1NC(=O)[C@H](C)OC(=O)c1ccc(F)cc1F. The molecule has 0 saturated carbocycles. The lowest BCUT2D eigenvalue weighted by Crippen LogP contribution is -2.30. The first-order valence-electron chi connectivity index (χ1n) is 7.12. The van der Waals surface area contributed by atoms with Crippen LogP contribution in [0.5, 0.6) is 5.75 Å². The Bertz CT molecular complexity index is 813. The molecule has 1 atom stereocenters. The summed E-state index contributed by atoms with van der Waals surface area (Å²) in [6.45, 7) is 1.31. The Kier molecular flexibility index (Phi) is 5.93. The summed E-state index contributed by atoms with van der Waals surface area (Å²) in [6, 6.07) is 7.02. The van der Waals surface area contributed by atoms with Crippen molar-refractivity contribution in [2.75, 3.05) is 12.4 Å². The summed E-state index contributed by atoms with van der Waals surface area (Å²) in [5.74, 6) is -3.29. The first-order valence-corrected chi connectivity index (χ1v) is 7.50. The van der Waals surface area contributed by atoms with Gasteiger partial charge in [-0.3, -0.25) is 4.79 Å². The summed E-state index contributed by atoms with van der Waals surface area (Å²) in [6.07, 6.45) is -1.24. The summed E-state index contributed by atoms with van der Waals surface area (Å²) in [4.78, 5) is 24.1. The van der Waals surface area contributed by atoms with Crippen LogP contribution in [0.15, 0.2) is 36.4 Å². The van der Waals surface area contributed by atoms with Crippen molar-refractivity contribution in [3.05, 3.63) is 58.6 Å². The molecule has 0 aliphatic heterocycles. The number of methoxy groups -OCH3 is 1. The number of nitrogens with one attached hydrogen (secondary N) is 1. The van der Waals surface area contributed by atoms with Crippen molar-refractivity contribution < 1.29 is 27.8 Å². The van der Waals surface area contributed by atoms with Gasteiger partial charge in [0.25, 0.3) is 5.91 Å². The molecule has 0 aliphatic rings. The lowest BCUT2D eigenvalue weighted by atomic mass is 10.2. The number of amides is 1. The van der Waals surface area contributed by atoms with Crippen LogP contribution in [-0.2, 0) is 9.53 Å². The Morgan fingerprint density at radius 2 is 1.88 bits per heavy atom. The molecular weight excluding hydrogens is 356 g/mol. The van der Waals surface area contributed by atoms with Crippen molar-refractivity contribution >= 4 is 29.2 Å². The van der Waals surface area contributed by atoms with Crippen LogP contribution in [0.4, 0.5) is 14.5 Å². The van der Waals surface area contributed by atoms with E-state index in [-0.39, 0.29) is 5.69 Å². The zero-order chi connectivity index (χ0) is 18.6. The molecule has 2 aromatic rings. The average molecular weight is 370 g/mol. The van der Waals surface area contributed by atoms with E-state index in [0.717, 1.165) is 12.1 Å². The normalized spacial score (nSPS) is 11.6. The van der Waals surface area contributed by atoms with Crippen molar-refractivity contribution in [3.63, 3.8) is 0 Å². The molecule has 0 unspecified atom stereocenters. The Balaban J connectivity index is 2.07. The smallest absolute Gasteiger partial charge is 0.341 e. The molecule has 5 nitrogen and oxygen atoms in total. The predicted octanol–water partition coefficient (Wildman–Crippen LogP) is 3.81. The third-order valence-electron chi connectivity index (χ3n) is 3.22. The molecule has 0 saturated heterocycles. The minimum atomic E-state index is -1.24. The fourth-order valence-electron chi connectivity index (χ4n) is 1.94. The number of halogens is 3. The van der Waals surface area contributed by atoms with Gasteiger partial charge in [-0.05, 0) is 37.3 Å². The maximum atomic E-state index is 13.6. The van der Waals surface area contributed by atoms with E-state index in [4.69, 9.17) is 21.1 Å². The van der Waals surface area contributed by atoms with Crippen molar-refractivity contribution in [2.24, 2.45) is 0 Å². The Morgan fingerprint density at radius 3 is 2.52 bits per heavy atom. The predicted molar refractivity (Wildman–Crippen MR) is 87.9 cm³/mol. The highest BCUT2D eigenvalue weighted by atomic mass is 35.5. The molecule has 0 aliphatic carbocycles. The molecule has 0 heterocycles. The van der Waals surface area contributed by atoms with E-state index in [1.807, 2.05) is 0 Å². The highest BCUT2D eigenvalue weighted by Gasteiger charge is 2.22. The van der Waals surface area contributed by atoms with Crippen molar-refractivity contribution in [2.45, 2.75) is 13.0 Å². The monoisotopic (exact) mass is 369 g/mol. The molecule has 0 aromatic heterocycles. The molecule has 0 radical (unpaired) electrons. The number of anilines is 1. The number of benzene rings is 2. The summed E-state index contributed by atoms with van der Waals surface area (Å²) >= 11 is 5.87. The molecule has 1 N–H and O–H groups in total. The third-order valence-corrected chi connectivity index (χ3v) is 3.46. The highest BCUT2D eigenvalue weighted by Crippen LogP contribution is 2.27. The molecule has 8 heteroatoms. The van der Waals surface area contributed by atoms with E-state index >= 15 is 0 Å². The van der Waals surface area contributed by atoms with Crippen molar-refractivity contribution in [1.29, 1.82) is 0 Å². The minimum Gasteiger partial charge on any atom is -0.495 e. The van der Waals surface area contributed by atoms with Crippen LogP contribution < -0.4 is 10.1 Å². The van der Waals surface area contributed by atoms with Crippen molar-refractivity contribution in [3.8, 4) is 5.75 Å². The zero-order valence-corrected chi connectivity index (χ0v) is 14.1. The van der Waals surface area contributed by atoms with Crippen LogP contribution in [0.2, 0.25) is 5.02 Å². The van der Waals surface area contributed by atoms with Gasteiger partial charge < -0.3 is 14.8 Å². The quantitative estimate of drug-likeness (QED) is 0.814. The van der Waals surface area contributed by atoms with Gasteiger partial charge in [0.2, 0.25) is 0 Å². The van der Waals surface area contributed by atoms with Gasteiger partial charge >= 0.3 is 5.97 Å². The van der Waals surface area contributed by atoms with E-state index in [0.29, 0.717) is 16.8 Å². The molecule has 0 bridgehead atoms. The number of ether oxygens (including phenoxy) is 2. The summed E-state index contributed by atoms with van der Waals surface area (Å²) in [7, 11) is 1.42. The Labute approximate surface area is 147 Å². The van der Waals surface area contributed by atoms with Crippen LogP contribution in [0.1, 0.15) is 17.3 Å². The van der Waals surface area contributed by atoms with Gasteiger partial charge in [-0.2, -0.15) is 0 Å². The maximum Gasteiger partial charge on any atom is 0.341 e. The Morgan fingerprint density at radius 1 is 1.16 bits per heavy atom. The van der Waals surface area contributed by atoms with Gasteiger partial charge in [0.05, 0.1) is 18.4 Å². The second-order valence-corrected chi connectivity index (χ2v) is 5.44. The number of hydrogen-bond donors (Lipinski definition) is 1. The standard InChI is InChI=1S/C17H14ClF2NO4/c1-9(25-17(23)12-5-4-11(19)8-13(12)20)16(22)21-14-7-10(18)3-6-15(14)24-2/h3-9H,1-2H3,(H,21,22)/t9-/m0/s1. The van der Waals surface area contributed by atoms with Crippen LogP contribution in [-0.4, -0.2) is 25.1 Å². The van der Waals surface area contributed by atoms with E-state index in [1.54, 1.807) is 12.1 Å². The average Bonchev–Trinajstić information content (AvgIpc) is 2.54. The minimum absolute atomic E-state index is 0.288. The molecule has 132 valence electrons. The Hall–Kier alpha value is -2.67. The number of carbonyl (C=O) groups excluding carboxylic acids is 2. The van der Waals surface area contributed by atoms with E-state index in [9.17, 15) is 18.4 Å². The molecule has 0 spiro atoms. The van der Waals surface area contributed by atoms with Gasteiger partial charge in [-0.15, -0.1) is 0 Å². The fourth-order valence-corrected chi connectivity index (χ4v) is 2.12. The first kappa shape index (κ1) is 18.7. The molecule has 25 heavy (non-hydrogen) atoms. The van der Waals surface area contributed by atoms with Crippen LogP contribution >= 0.6 is 11.6 Å². The lowest BCUT2D eigenvalue weighted by molar-refractivity contribution is -0.123. The molecule has 2 rings (SSSR count). The lowest BCUT2D eigenvalue weighted by Gasteiger charge is -2.15. The molecule has 2 aromatic carbocycles. The molecule has 1 amide bonds. The topological polar surface area (TPSA) is 64.6 Å². The van der Waals surface area contributed by atoms with Crippen LogP contribution in [0.25, 0.3) is 0 Å². The summed E-state index contributed by atoms with van der Waals surface area (Å²) < 4.78 is 36.4.